The van der Waals surface area contributed by atoms with Crippen molar-refractivity contribution >= 4 is 17.3 Å². The average Bonchev–Trinajstić information content (AvgIpc) is 2.47. The van der Waals surface area contributed by atoms with Gasteiger partial charge in [-0.2, -0.15) is 0 Å². The zero-order valence-electron chi connectivity index (χ0n) is 10.6. The predicted octanol–water partition coefficient (Wildman–Crippen LogP) is 0.787. The molecule has 1 fully saturated rings. The highest BCUT2D eigenvalue weighted by molar-refractivity contribution is 6.43. The zero-order chi connectivity index (χ0) is 13.5. The first-order valence-electron chi connectivity index (χ1n) is 6.17. The minimum absolute atomic E-state index is 0.103. The number of oxime groups is 1. The molecule has 0 bridgehead atoms. The van der Waals surface area contributed by atoms with Crippen LogP contribution in [0.2, 0.25) is 0 Å². The maximum atomic E-state index is 12.0. The highest BCUT2D eigenvalue weighted by atomic mass is 16.5. The van der Waals surface area contributed by atoms with Gasteiger partial charge in [0.2, 0.25) is 0 Å². The normalized spacial score (nSPS) is 17.2. The molecule has 0 radical (unpaired) electrons. The number of rotatable bonds is 4. The van der Waals surface area contributed by atoms with Crippen molar-refractivity contribution in [2.45, 2.75) is 0 Å². The van der Waals surface area contributed by atoms with Crippen LogP contribution < -0.4 is 5.32 Å². The van der Waals surface area contributed by atoms with Crippen molar-refractivity contribution in [2.75, 3.05) is 38.2 Å². The molecule has 1 aromatic rings. The molecular formula is C13H17N3O3. The van der Waals surface area contributed by atoms with E-state index in [1.54, 1.807) is 12.1 Å². The van der Waals surface area contributed by atoms with Crippen LogP contribution in [0.15, 0.2) is 35.5 Å². The van der Waals surface area contributed by atoms with Gasteiger partial charge in [0.1, 0.15) is 0 Å². The minimum Gasteiger partial charge on any atom is -0.410 e. The second kappa shape index (κ2) is 6.86. The highest BCUT2D eigenvalue weighted by Gasteiger charge is 2.18. The molecule has 6 heteroatoms. The second-order valence-electron chi connectivity index (χ2n) is 4.26. The van der Waals surface area contributed by atoms with Crippen LogP contribution in [0.1, 0.15) is 0 Å². The fraction of sp³-hybridized carbons (Fsp3) is 0.385. The largest absolute Gasteiger partial charge is 0.410 e. The Kier molecular flexibility index (Phi) is 4.88. The van der Waals surface area contributed by atoms with Gasteiger partial charge in [-0.3, -0.25) is 9.69 Å². The summed E-state index contributed by atoms with van der Waals surface area (Å²) in [6, 6.07) is 9.08. The lowest BCUT2D eigenvalue weighted by Crippen LogP contribution is -2.42. The maximum Gasteiger partial charge on any atom is 0.274 e. The van der Waals surface area contributed by atoms with Gasteiger partial charge in [-0.1, -0.05) is 23.4 Å². The lowest BCUT2D eigenvalue weighted by molar-refractivity contribution is -0.110. The number of morpholine rings is 1. The van der Waals surface area contributed by atoms with Crippen molar-refractivity contribution < 1.29 is 14.7 Å². The molecule has 1 aliphatic heterocycles. The van der Waals surface area contributed by atoms with Crippen molar-refractivity contribution in [1.82, 2.24) is 4.90 Å². The Morgan fingerprint density at radius 2 is 2.00 bits per heavy atom. The number of ether oxygens (including phenoxy) is 1. The molecule has 1 aromatic carbocycles. The summed E-state index contributed by atoms with van der Waals surface area (Å²) < 4.78 is 5.23. The summed E-state index contributed by atoms with van der Waals surface area (Å²) in [5.74, 6) is -0.389. The zero-order valence-corrected chi connectivity index (χ0v) is 10.6. The van der Waals surface area contributed by atoms with Gasteiger partial charge in [0.15, 0.2) is 5.71 Å². The molecule has 0 aromatic heterocycles. The van der Waals surface area contributed by atoms with Crippen LogP contribution >= 0.6 is 0 Å². The van der Waals surface area contributed by atoms with Gasteiger partial charge in [0.25, 0.3) is 5.91 Å². The molecule has 0 aliphatic carbocycles. The Bertz CT molecular complexity index is 442. The SMILES string of the molecule is O=C(Nc1ccccc1)/C(CN1CCOCC1)=N/O. The fourth-order valence-electron chi connectivity index (χ4n) is 1.84. The first-order chi connectivity index (χ1) is 9.29. The first-order valence-corrected chi connectivity index (χ1v) is 6.17. The van der Waals surface area contributed by atoms with Crippen LogP contribution in [0.5, 0.6) is 0 Å². The van der Waals surface area contributed by atoms with Crippen LogP contribution in [0.25, 0.3) is 0 Å². The van der Waals surface area contributed by atoms with E-state index in [1.165, 1.54) is 0 Å². The number of hydrogen-bond acceptors (Lipinski definition) is 5. The molecule has 2 N–H and O–H groups in total. The molecule has 102 valence electrons. The van der Waals surface area contributed by atoms with E-state index in [0.29, 0.717) is 25.4 Å². The third kappa shape index (κ3) is 4.04. The summed E-state index contributed by atoms with van der Waals surface area (Å²) >= 11 is 0. The van der Waals surface area contributed by atoms with E-state index in [9.17, 15) is 4.79 Å². The summed E-state index contributed by atoms with van der Waals surface area (Å²) in [5.41, 5.74) is 0.779. The Morgan fingerprint density at radius 3 is 2.63 bits per heavy atom. The molecule has 1 amide bonds. The van der Waals surface area contributed by atoms with E-state index < -0.39 is 0 Å². The monoisotopic (exact) mass is 263 g/mol. The summed E-state index contributed by atoms with van der Waals surface area (Å²) in [6.45, 7) is 3.06. The van der Waals surface area contributed by atoms with Crippen LogP contribution in [0.4, 0.5) is 5.69 Å². The van der Waals surface area contributed by atoms with Crippen molar-refractivity contribution in [3.05, 3.63) is 30.3 Å². The average molecular weight is 263 g/mol. The molecule has 0 saturated carbocycles. The first kappa shape index (κ1) is 13.5. The number of amides is 1. The van der Waals surface area contributed by atoms with E-state index in [0.717, 1.165) is 13.1 Å². The molecule has 2 rings (SSSR count). The van der Waals surface area contributed by atoms with Crippen LogP contribution in [0, 0.1) is 0 Å². The highest BCUT2D eigenvalue weighted by Crippen LogP contribution is 2.05. The van der Waals surface area contributed by atoms with Gasteiger partial charge in [-0.05, 0) is 12.1 Å². The molecule has 0 atom stereocenters. The molecule has 1 saturated heterocycles. The number of para-hydroxylation sites is 1. The standard InChI is InChI=1S/C13H17N3O3/c17-13(14-11-4-2-1-3-5-11)12(15-18)10-16-6-8-19-9-7-16/h1-5,18H,6-10H2,(H,14,17)/b15-12+. The molecular weight excluding hydrogens is 246 g/mol. The summed E-state index contributed by atoms with van der Waals surface area (Å²) in [7, 11) is 0. The number of carbonyl (C=O) groups is 1. The quantitative estimate of drug-likeness (QED) is 0.478. The van der Waals surface area contributed by atoms with Gasteiger partial charge in [-0.25, -0.2) is 0 Å². The number of hydrogen-bond donors (Lipinski definition) is 2. The van der Waals surface area contributed by atoms with E-state index in [4.69, 9.17) is 9.94 Å². The lowest BCUT2D eigenvalue weighted by atomic mass is 10.2. The molecule has 0 spiro atoms. The van der Waals surface area contributed by atoms with Crippen molar-refractivity contribution in [3.8, 4) is 0 Å². The third-order valence-electron chi connectivity index (χ3n) is 2.89. The summed E-state index contributed by atoms with van der Waals surface area (Å²) in [6.07, 6.45) is 0. The second-order valence-corrected chi connectivity index (χ2v) is 4.26. The van der Waals surface area contributed by atoms with Crippen LogP contribution in [-0.4, -0.2) is 54.6 Å². The maximum absolute atomic E-state index is 12.0. The summed E-state index contributed by atoms with van der Waals surface area (Å²) in [5, 5.41) is 14.8. The van der Waals surface area contributed by atoms with Gasteiger partial charge in [0.05, 0.1) is 13.2 Å². The Hall–Kier alpha value is -1.92. The van der Waals surface area contributed by atoms with Crippen molar-refractivity contribution in [1.29, 1.82) is 0 Å². The topological polar surface area (TPSA) is 74.2 Å². The predicted molar refractivity (Wildman–Crippen MR) is 71.6 cm³/mol. The number of nitrogens with one attached hydrogen (secondary N) is 1. The van der Waals surface area contributed by atoms with Gasteiger partial charge in [-0.15, -0.1) is 0 Å². The number of anilines is 1. The van der Waals surface area contributed by atoms with Gasteiger partial charge < -0.3 is 15.3 Å². The minimum atomic E-state index is -0.389. The Labute approximate surface area is 111 Å². The molecule has 19 heavy (non-hydrogen) atoms. The fourth-order valence-corrected chi connectivity index (χ4v) is 1.84. The van der Waals surface area contributed by atoms with E-state index in [-0.39, 0.29) is 11.6 Å². The Balaban J connectivity index is 1.92. The number of nitrogens with zero attached hydrogens (tertiary/aromatic N) is 2. The number of carbonyl (C=O) groups excluding carboxylic acids is 1. The molecule has 1 aliphatic rings. The van der Waals surface area contributed by atoms with Crippen LogP contribution in [0.3, 0.4) is 0 Å². The van der Waals surface area contributed by atoms with Gasteiger partial charge >= 0.3 is 0 Å². The molecule has 1 heterocycles. The van der Waals surface area contributed by atoms with E-state index in [1.807, 2.05) is 23.1 Å². The van der Waals surface area contributed by atoms with Crippen LogP contribution in [-0.2, 0) is 9.53 Å². The summed E-state index contributed by atoms with van der Waals surface area (Å²) in [4.78, 5) is 14.0. The Morgan fingerprint density at radius 1 is 1.32 bits per heavy atom. The smallest absolute Gasteiger partial charge is 0.274 e. The third-order valence-corrected chi connectivity index (χ3v) is 2.89. The van der Waals surface area contributed by atoms with E-state index >= 15 is 0 Å². The molecule has 6 nitrogen and oxygen atoms in total. The van der Waals surface area contributed by atoms with Crippen molar-refractivity contribution in [2.24, 2.45) is 5.16 Å². The van der Waals surface area contributed by atoms with Crippen molar-refractivity contribution in [3.63, 3.8) is 0 Å². The molecule has 0 unspecified atom stereocenters. The van der Waals surface area contributed by atoms with Gasteiger partial charge in [0, 0.05) is 25.3 Å². The lowest BCUT2D eigenvalue weighted by Gasteiger charge is -2.26. The van der Waals surface area contributed by atoms with E-state index in [2.05, 4.69) is 10.5 Å². The number of benzene rings is 1.